The SMILES string of the molecule is CC(C)(C)/C(O)=C/C(=N)N=O. The minimum Gasteiger partial charge on any atom is -0.512 e. The van der Waals surface area contributed by atoms with E-state index in [0.29, 0.717) is 0 Å². The first-order valence-electron chi connectivity index (χ1n) is 3.21. The largest absolute Gasteiger partial charge is 0.512 e. The lowest BCUT2D eigenvalue weighted by Gasteiger charge is -2.16. The number of hydrogen-bond acceptors (Lipinski definition) is 3. The smallest absolute Gasteiger partial charge is 0.192 e. The number of nitroso groups, excluding NO2 is 1. The summed E-state index contributed by atoms with van der Waals surface area (Å²) in [5, 5.41) is 18.4. The van der Waals surface area contributed by atoms with Crippen LogP contribution in [0.3, 0.4) is 0 Å². The summed E-state index contributed by atoms with van der Waals surface area (Å²) in [7, 11) is 0. The average Bonchev–Trinajstić information content (AvgIpc) is 1.85. The molecule has 0 aromatic heterocycles. The normalized spacial score (nSPS) is 12.8. The molecule has 0 bridgehead atoms. The van der Waals surface area contributed by atoms with Crippen molar-refractivity contribution in [3.05, 3.63) is 16.7 Å². The van der Waals surface area contributed by atoms with E-state index in [1.807, 2.05) is 0 Å². The lowest BCUT2D eigenvalue weighted by molar-refractivity contribution is 0.278. The molecular weight excluding hydrogens is 144 g/mol. The van der Waals surface area contributed by atoms with E-state index in [9.17, 15) is 10.0 Å². The number of aliphatic hydroxyl groups excluding tert-OH is 1. The Morgan fingerprint density at radius 2 is 2.00 bits per heavy atom. The van der Waals surface area contributed by atoms with Crippen LogP contribution in [-0.2, 0) is 0 Å². The van der Waals surface area contributed by atoms with Gasteiger partial charge in [-0.05, 0) is 5.18 Å². The number of amidine groups is 1. The standard InChI is InChI=1S/C7H12N2O2/c1-7(2,3)5(10)4-6(8)9-11/h4,8,10H,1-3H3/b5-4-,8-6?. The maximum Gasteiger partial charge on any atom is 0.192 e. The topological polar surface area (TPSA) is 73.5 Å². The van der Waals surface area contributed by atoms with Crippen molar-refractivity contribution in [2.24, 2.45) is 10.6 Å². The highest BCUT2D eigenvalue weighted by Crippen LogP contribution is 2.22. The van der Waals surface area contributed by atoms with Crippen molar-refractivity contribution < 1.29 is 5.11 Å². The van der Waals surface area contributed by atoms with Crippen molar-refractivity contribution >= 4 is 5.84 Å². The van der Waals surface area contributed by atoms with Crippen LogP contribution in [0.4, 0.5) is 0 Å². The molecule has 11 heavy (non-hydrogen) atoms. The fourth-order valence-corrected chi connectivity index (χ4v) is 0.372. The second-order valence-corrected chi connectivity index (χ2v) is 3.26. The zero-order valence-electron chi connectivity index (χ0n) is 6.88. The Morgan fingerprint density at radius 3 is 2.27 bits per heavy atom. The van der Waals surface area contributed by atoms with Gasteiger partial charge in [-0.25, -0.2) is 0 Å². The van der Waals surface area contributed by atoms with Crippen LogP contribution in [0.15, 0.2) is 17.0 Å². The van der Waals surface area contributed by atoms with Crippen LogP contribution in [0.1, 0.15) is 20.8 Å². The van der Waals surface area contributed by atoms with Crippen LogP contribution in [0, 0.1) is 15.7 Å². The summed E-state index contributed by atoms with van der Waals surface area (Å²) < 4.78 is 0. The van der Waals surface area contributed by atoms with Gasteiger partial charge in [0.2, 0.25) is 0 Å². The zero-order valence-corrected chi connectivity index (χ0v) is 6.88. The molecule has 0 saturated carbocycles. The molecule has 0 amide bonds. The Hall–Kier alpha value is -1.19. The Bertz CT molecular complexity index is 201. The van der Waals surface area contributed by atoms with E-state index in [1.165, 1.54) is 0 Å². The third-order valence-corrected chi connectivity index (χ3v) is 1.14. The number of hydrogen-bond donors (Lipinski definition) is 2. The quantitative estimate of drug-likeness (QED) is 0.264. The first-order chi connectivity index (χ1) is 4.88. The minimum atomic E-state index is -0.461. The van der Waals surface area contributed by atoms with Crippen LogP contribution in [-0.4, -0.2) is 10.9 Å². The molecule has 0 aliphatic heterocycles. The molecule has 0 spiro atoms. The highest BCUT2D eigenvalue weighted by atomic mass is 16.3. The van der Waals surface area contributed by atoms with Gasteiger partial charge in [0.1, 0.15) is 5.76 Å². The average molecular weight is 156 g/mol. The molecule has 0 aromatic carbocycles. The van der Waals surface area contributed by atoms with Crippen molar-refractivity contribution in [3.63, 3.8) is 0 Å². The van der Waals surface area contributed by atoms with Gasteiger partial charge in [-0.2, -0.15) is 0 Å². The highest BCUT2D eigenvalue weighted by Gasteiger charge is 2.16. The van der Waals surface area contributed by atoms with Crippen LogP contribution in [0.2, 0.25) is 0 Å². The first kappa shape index (κ1) is 9.81. The summed E-state index contributed by atoms with van der Waals surface area (Å²) in [5.74, 6) is -0.473. The van der Waals surface area contributed by atoms with Crippen LogP contribution < -0.4 is 0 Å². The first-order valence-corrected chi connectivity index (χ1v) is 3.21. The molecule has 4 nitrogen and oxygen atoms in total. The summed E-state index contributed by atoms with van der Waals surface area (Å²) in [4.78, 5) is 9.74. The fraction of sp³-hybridized carbons (Fsp3) is 0.571. The Kier molecular flexibility index (Phi) is 2.92. The second-order valence-electron chi connectivity index (χ2n) is 3.26. The fourth-order valence-electron chi connectivity index (χ4n) is 0.372. The van der Waals surface area contributed by atoms with Gasteiger partial charge in [-0.1, -0.05) is 20.8 Å². The third-order valence-electron chi connectivity index (χ3n) is 1.14. The van der Waals surface area contributed by atoms with Gasteiger partial charge in [0.25, 0.3) is 0 Å². The molecule has 4 heteroatoms. The van der Waals surface area contributed by atoms with Crippen LogP contribution in [0.25, 0.3) is 0 Å². The third kappa shape index (κ3) is 3.50. The van der Waals surface area contributed by atoms with Gasteiger partial charge < -0.3 is 5.11 Å². The van der Waals surface area contributed by atoms with Crippen LogP contribution >= 0.6 is 0 Å². The van der Waals surface area contributed by atoms with Gasteiger partial charge in [-0.3, -0.25) is 5.41 Å². The number of allylic oxidation sites excluding steroid dienone is 1. The molecular formula is C7H12N2O2. The van der Waals surface area contributed by atoms with E-state index in [2.05, 4.69) is 5.18 Å². The van der Waals surface area contributed by atoms with E-state index in [4.69, 9.17) is 5.41 Å². The predicted molar refractivity (Wildman–Crippen MR) is 43.7 cm³/mol. The highest BCUT2D eigenvalue weighted by molar-refractivity contribution is 5.91. The van der Waals surface area contributed by atoms with E-state index in [1.54, 1.807) is 20.8 Å². The Balaban J connectivity index is 4.47. The number of nitrogens with one attached hydrogen (secondary N) is 1. The Labute approximate surface area is 65.4 Å². The van der Waals surface area contributed by atoms with E-state index in [-0.39, 0.29) is 5.76 Å². The molecule has 0 aromatic rings. The molecule has 0 aliphatic carbocycles. The molecule has 0 atom stereocenters. The van der Waals surface area contributed by atoms with E-state index in [0.717, 1.165) is 6.08 Å². The van der Waals surface area contributed by atoms with Gasteiger partial charge >= 0.3 is 0 Å². The number of rotatable bonds is 1. The van der Waals surface area contributed by atoms with Crippen molar-refractivity contribution in [1.82, 2.24) is 0 Å². The van der Waals surface area contributed by atoms with Crippen LogP contribution in [0.5, 0.6) is 0 Å². The zero-order chi connectivity index (χ0) is 9.07. The lowest BCUT2D eigenvalue weighted by Crippen LogP contribution is -2.09. The predicted octanol–water partition coefficient (Wildman–Crippen LogP) is 2.22. The lowest BCUT2D eigenvalue weighted by atomic mass is 9.93. The number of nitrogens with zero attached hydrogens (tertiary/aromatic N) is 1. The molecule has 0 rings (SSSR count). The maximum absolute atomic E-state index is 9.74. The van der Waals surface area contributed by atoms with Gasteiger partial charge in [0.15, 0.2) is 5.84 Å². The monoisotopic (exact) mass is 156 g/mol. The van der Waals surface area contributed by atoms with Gasteiger partial charge in [0.05, 0.1) is 0 Å². The van der Waals surface area contributed by atoms with E-state index >= 15 is 0 Å². The van der Waals surface area contributed by atoms with Crippen molar-refractivity contribution in [2.75, 3.05) is 0 Å². The minimum absolute atomic E-state index is 0.0119. The summed E-state index contributed by atoms with van der Waals surface area (Å²) in [5.41, 5.74) is -0.434. The maximum atomic E-state index is 9.74. The van der Waals surface area contributed by atoms with E-state index < -0.39 is 11.3 Å². The summed E-state index contributed by atoms with van der Waals surface area (Å²) in [6.07, 6.45) is 1.05. The summed E-state index contributed by atoms with van der Waals surface area (Å²) in [6, 6.07) is 0. The second kappa shape index (κ2) is 3.27. The number of aliphatic hydroxyl groups is 1. The molecule has 0 saturated heterocycles. The summed E-state index contributed by atoms with van der Waals surface area (Å²) in [6.45, 7) is 5.32. The van der Waals surface area contributed by atoms with Gasteiger partial charge in [0, 0.05) is 11.5 Å². The molecule has 62 valence electrons. The van der Waals surface area contributed by atoms with Crippen molar-refractivity contribution in [2.45, 2.75) is 20.8 Å². The molecule has 0 heterocycles. The van der Waals surface area contributed by atoms with Gasteiger partial charge in [-0.15, -0.1) is 4.91 Å². The molecule has 0 radical (unpaired) electrons. The molecule has 2 N–H and O–H groups in total. The Morgan fingerprint density at radius 1 is 1.55 bits per heavy atom. The molecule has 0 unspecified atom stereocenters. The molecule has 0 aliphatic rings. The van der Waals surface area contributed by atoms with Crippen molar-refractivity contribution in [1.29, 1.82) is 5.41 Å². The summed E-state index contributed by atoms with van der Waals surface area (Å²) >= 11 is 0. The van der Waals surface area contributed by atoms with Crippen molar-refractivity contribution in [3.8, 4) is 0 Å². The molecule has 0 fully saturated rings.